The van der Waals surface area contributed by atoms with Crippen LogP contribution in [-0.2, 0) is 4.79 Å². The highest BCUT2D eigenvalue weighted by molar-refractivity contribution is 7.99. The number of carbonyl (C=O) groups excluding carboxylic acids is 1. The Labute approximate surface area is 191 Å². The van der Waals surface area contributed by atoms with Crippen LogP contribution >= 0.6 is 23.4 Å². The number of nitrogens with zero attached hydrogens (tertiary/aromatic N) is 2. The Kier molecular flexibility index (Phi) is 6.25. The Bertz CT molecular complexity index is 1410. The number of hydrogen-bond donors (Lipinski definition) is 1. The molecular weight excluding hydrogens is 456 g/mol. The fourth-order valence-corrected chi connectivity index (χ4v) is 4.14. The van der Waals surface area contributed by atoms with Crippen molar-refractivity contribution in [3.8, 4) is 5.69 Å². The van der Waals surface area contributed by atoms with Gasteiger partial charge in [0.1, 0.15) is 11.6 Å². The molecule has 5 nitrogen and oxygen atoms in total. The zero-order valence-electron chi connectivity index (χ0n) is 16.7. The van der Waals surface area contributed by atoms with Crippen LogP contribution in [0.15, 0.2) is 70.6 Å². The standard InChI is InChI=1S/C23H16ClF2N3O2S/c1-13-4-2-3-5-20(13)29-22(31)16-8-6-14(24)10-19(16)28-23(29)32-12-21(30)27-18-9-7-15(25)11-17(18)26/h2-11H,12H2,1H3,(H,27,30). The van der Waals surface area contributed by atoms with Gasteiger partial charge in [0, 0.05) is 11.1 Å². The van der Waals surface area contributed by atoms with Crippen molar-refractivity contribution in [2.45, 2.75) is 12.1 Å². The monoisotopic (exact) mass is 471 g/mol. The summed E-state index contributed by atoms with van der Waals surface area (Å²) in [7, 11) is 0. The van der Waals surface area contributed by atoms with Crippen molar-refractivity contribution in [1.29, 1.82) is 0 Å². The molecular formula is C23H16ClF2N3O2S. The van der Waals surface area contributed by atoms with Gasteiger partial charge in [-0.25, -0.2) is 13.8 Å². The van der Waals surface area contributed by atoms with E-state index >= 15 is 0 Å². The summed E-state index contributed by atoms with van der Waals surface area (Å²) in [4.78, 5) is 30.3. The average Bonchev–Trinajstić information content (AvgIpc) is 2.75. The molecule has 0 fully saturated rings. The summed E-state index contributed by atoms with van der Waals surface area (Å²) in [5.41, 5.74) is 1.46. The molecule has 9 heteroatoms. The maximum absolute atomic E-state index is 13.8. The third-order valence-corrected chi connectivity index (χ3v) is 5.87. The number of para-hydroxylation sites is 1. The lowest BCUT2D eigenvalue weighted by atomic mass is 10.2. The van der Waals surface area contributed by atoms with E-state index in [2.05, 4.69) is 10.3 Å². The number of rotatable bonds is 5. The van der Waals surface area contributed by atoms with Crippen molar-refractivity contribution in [3.63, 3.8) is 0 Å². The van der Waals surface area contributed by atoms with E-state index in [1.165, 1.54) is 4.57 Å². The highest BCUT2D eigenvalue weighted by Gasteiger charge is 2.17. The summed E-state index contributed by atoms with van der Waals surface area (Å²) in [6.07, 6.45) is 0. The lowest BCUT2D eigenvalue weighted by Crippen LogP contribution is -2.23. The molecule has 0 bridgehead atoms. The van der Waals surface area contributed by atoms with E-state index < -0.39 is 17.5 Å². The number of amides is 1. The summed E-state index contributed by atoms with van der Waals surface area (Å²) in [6.45, 7) is 1.87. The van der Waals surface area contributed by atoms with E-state index in [1.54, 1.807) is 30.3 Å². The van der Waals surface area contributed by atoms with Gasteiger partial charge >= 0.3 is 0 Å². The van der Waals surface area contributed by atoms with Gasteiger partial charge in [-0.3, -0.25) is 14.2 Å². The molecule has 3 aromatic carbocycles. The molecule has 0 saturated heterocycles. The van der Waals surface area contributed by atoms with Gasteiger partial charge in [0.15, 0.2) is 5.16 Å². The zero-order chi connectivity index (χ0) is 22.8. The highest BCUT2D eigenvalue weighted by Crippen LogP contribution is 2.25. The topological polar surface area (TPSA) is 64.0 Å². The van der Waals surface area contributed by atoms with Gasteiger partial charge in [0.25, 0.3) is 5.56 Å². The average molecular weight is 472 g/mol. The number of thioether (sulfide) groups is 1. The number of nitrogens with one attached hydrogen (secondary N) is 1. The quantitative estimate of drug-likeness (QED) is 0.314. The van der Waals surface area contributed by atoms with Crippen LogP contribution in [0.3, 0.4) is 0 Å². The second kappa shape index (κ2) is 9.10. The Morgan fingerprint density at radius 2 is 1.91 bits per heavy atom. The molecule has 32 heavy (non-hydrogen) atoms. The summed E-state index contributed by atoms with van der Waals surface area (Å²) < 4.78 is 28.4. The first kappa shape index (κ1) is 22.0. The minimum atomic E-state index is -0.876. The van der Waals surface area contributed by atoms with Crippen LogP contribution in [0.5, 0.6) is 0 Å². The Balaban J connectivity index is 1.70. The molecule has 1 aromatic heterocycles. The fraction of sp³-hybridized carbons (Fsp3) is 0.0870. The van der Waals surface area contributed by atoms with E-state index in [4.69, 9.17) is 11.6 Å². The summed E-state index contributed by atoms with van der Waals surface area (Å²) in [5.74, 6) is -2.30. The van der Waals surface area contributed by atoms with E-state index in [0.717, 1.165) is 29.5 Å². The number of benzene rings is 3. The summed E-state index contributed by atoms with van der Waals surface area (Å²) in [5, 5.41) is 3.51. The number of fused-ring (bicyclic) bond motifs is 1. The molecule has 0 spiro atoms. The fourth-order valence-electron chi connectivity index (χ4n) is 3.17. The molecule has 0 aliphatic rings. The van der Waals surface area contributed by atoms with Crippen LogP contribution in [0.25, 0.3) is 16.6 Å². The van der Waals surface area contributed by atoms with Gasteiger partial charge in [-0.05, 0) is 48.9 Å². The van der Waals surface area contributed by atoms with E-state index in [1.807, 2.05) is 19.1 Å². The number of hydrogen-bond acceptors (Lipinski definition) is 4. The summed E-state index contributed by atoms with van der Waals surface area (Å²) >= 11 is 7.09. The maximum Gasteiger partial charge on any atom is 0.266 e. The van der Waals surface area contributed by atoms with Gasteiger partial charge in [0.05, 0.1) is 28.0 Å². The molecule has 0 atom stereocenters. The van der Waals surface area contributed by atoms with Gasteiger partial charge in [-0.1, -0.05) is 41.6 Å². The second-order valence-corrected chi connectivity index (χ2v) is 8.32. The lowest BCUT2D eigenvalue weighted by molar-refractivity contribution is -0.113. The number of anilines is 1. The van der Waals surface area contributed by atoms with Crippen LogP contribution in [-0.4, -0.2) is 21.2 Å². The molecule has 0 aliphatic carbocycles. The minimum Gasteiger partial charge on any atom is -0.323 e. The highest BCUT2D eigenvalue weighted by atomic mass is 35.5. The first-order valence-corrected chi connectivity index (χ1v) is 10.9. The van der Waals surface area contributed by atoms with Crippen molar-refractivity contribution >= 4 is 45.9 Å². The van der Waals surface area contributed by atoms with E-state index in [-0.39, 0.29) is 22.2 Å². The molecule has 0 aliphatic heterocycles. The Morgan fingerprint density at radius 1 is 1.12 bits per heavy atom. The molecule has 0 radical (unpaired) electrons. The van der Waals surface area contributed by atoms with Gasteiger partial charge < -0.3 is 5.32 Å². The Hall–Kier alpha value is -3.23. The molecule has 0 unspecified atom stereocenters. The van der Waals surface area contributed by atoms with E-state index in [0.29, 0.717) is 27.7 Å². The predicted octanol–water partition coefficient (Wildman–Crippen LogP) is 5.36. The van der Waals surface area contributed by atoms with Crippen LogP contribution in [0.4, 0.5) is 14.5 Å². The second-order valence-electron chi connectivity index (χ2n) is 6.94. The van der Waals surface area contributed by atoms with Crippen molar-refractivity contribution in [2.24, 2.45) is 0 Å². The van der Waals surface area contributed by atoms with Crippen LogP contribution in [0.1, 0.15) is 5.56 Å². The van der Waals surface area contributed by atoms with Gasteiger partial charge in [-0.15, -0.1) is 0 Å². The molecule has 1 N–H and O–H groups in total. The number of halogens is 3. The Morgan fingerprint density at radius 3 is 2.66 bits per heavy atom. The maximum atomic E-state index is 13.8. The molecule has 162 valence electrons. The third kappa shape index (κ3) is 4.51. The molecule has 0 saturated carbocycles. The molecule has 1 amide bonds. The van der Waals surface area contributed by atoms with E-state index in [9.17, 15) is 18.4 Å². The van der Waals surface area contributed by atoms with Crippen molar-refractivity contribution in [3.05, 3.63) is 93.2 Å². The minimum absolute atomic E-state index is 0.133. The number of aromatic nitrogens is 2. The van der Waals surface area contributed by atoms with Crippen LogP contribution < -0.4 is 10.9 Å². The first-order chi connectivity index (χ1) is 15.3. The number of carbonyl (C=O) groups is 1. The molecule has 1 heterocycles. The van der Waals surface area contributed by atoms with Gasteiger partial charge in [-0.2, -0.15) is 0 Å². The zero-order valence-corrected chi connectivity index (χ0v) is 18.3. The largest absolute Gasteiger partial charge is 0.323 e. The number of aryl methyl sites for hydroxylation is 1. The first-order valence-electron chi connectivity index (χ1n) is 9.49. The van der Waals surface area contributed by atoms with Crippen LogP contribution in [0, 0.1) is 18.6 Å². The van der Waals surface area contributed by atoms with Gasteiger partial charge in [0.2, 0.25) is 5.91 Å². The van der Waals surface area contributed by atoms with Crippen LogP contribution in [0.2, 0.25) is 5.02 Å². The third-order valence-electron chi connectivity index (χ3n) is 4.69. The van der Waals surface area contributed by atoms with Crippen molar-refractivity contribution in [1.82, 2.24) is 9.55 Å². The van der Waals surface area contributed by atoms with Crippen molar-refractivity contribution in [2.75, 3.05) is 11.1 Å². The SMILES string of the molecule is Cc1ccccc1-n1c(SCC(=O)Nc2ccc(F)cc2F)nc2cc(Cl)ccc2c1=O. The predicted molar refractivity (Wildman–Crippen MR) is 123 cm³/mol. The molecule has 4 aromatic rings. The van der Waals surface area contributed by atoms with Crippen molar-refractivity contribution < 1.29 is 13.6 Å². The smallest absolute Gasteiger partial charge is 0.266 e. The lowest BCUT2D eigenvalue weighted by Gasteiger charge is -2.15. The summed E-state index contributed by atoms with van der Waals surface area (Å²) in [6, 6.07) is 15.0. The molecule has 4 rings (SSSR count). The normalized spacial score (nSPS) is 11.0.